The van der Waals surface area contributed by atoms with Crippen LogP contribution in [0.1, 0.15) is 48.7 Å². The highest BCUT2D eigenvalue weighted by molar-refractivity contribution is 6.39. The molecule has 1 N–H and O–H groups in total. The average molecular weight is 442 g/mol. The third kappa shape index (κ3) is 4.12. The van der Waals surface area contributed by atoms with E-state index in [0.717, 1.165) is 39.5 Å². The van der Waals surface area contributed by atoms with Crippen LogP contribution < -0.4 is 10.2 Å². The number of amides is 4. The summed E-state index contributed by atoms with van der Waals surface area (Å²) in [6, 6.07) is 18.4. The summed E-state index contributed by atoms with van der Waals surface area (Å²) >= 11 is 0. The first kappa shape index (κ1) is 22.3. The second-order valence-electron chi connectivity index (χ2n) is 8.36. The summed E-state index contributed by atoms with van der Waals surface area (Å²) in [5, 5.41) is 2.30. The molecule has 1 aliphatic rings. The zero-order valence-corrected chi connectivity index (χ0v) is 19.3. The summed E-state index contributed by atoms with van der Waals surface area (Å²) in [6.45, 7) is 8.14. The molecule has 0 spiro atoms. The Morgan fingerprint density at radius 2 is 1.61 bits per heavy atom. The molecule has 6 heteroatoms. The number of barbiturate groups is 1. The molecule has 6 nitrogen and oxygen atoms in total. The molecule has 1 aliphatic heterocycles. The fourth-order valence-corrected chi connectivity index (χ4v) is 4.14. The second kappa shape index (κ2) is 8.90. The van der Waals surface area contributed by atoms with Crippen molar-refractivity contribution >= 4 is 29.6 Å². The van der Waals surface area contributed by atoms with Gasteiger partial charge >= 0.3 is 6.03 Å². The van der Waals surface area contributed by atoms with Gasteiger partial charge in [-0.1, -0.05) is 44.2 Å². The van der Waals surface area contributed by atoms with Gasteiger partial charge in [-0.2, -0.15) is 0 Å². The van der Waals surface area contributed by atoms with Crippen molar-refractivity contribution < 1.29 is 14.4 Å². The minimum absolute atomic E-state index is 0.0751. The number of carbonyl (C=O) groups excluding carboxylic acids is 3. The van der Waals surface area contributed by atoms with Crippen LogP contribution in [0.15, 0.2) is 66.2 Å². The molecule has 4 amide bonds. The number of hydrogen-bond acceptors (Lipinski definition) is 3. The molecule has 2 aromatic carbocycles. The molecule has 168 valence electrons. The summed E-state index contributed by atoms with van der Waals surface area (Å²) in [4.78, 5) is 39.4. The molecule has 0 bridgehead atoms. The number of urea groups is 1. The molecule has 0 saturated carbocycles. The quantitative estimate of drug-likeness (QED) is 0.433. The number of aromatic nitrogens is 1. The van der Waals surface area contributed by atoms with Crippen molar-refractivity contribution in [1.82, 2.24) is 9.88 Å². The van der Waals surface area contributed by atoms with Gasteiger partial charge < -0.3 is 4.57 Å². The van der Waals surface area contributed by atoms with Gasteiger partial charge in [0, 0.05) is 17.1 Å². The first-order chi connectivity index (χ1) is 15.8. The maximum absolute atomic E-state index is 13.3. The molecule has 33 heavy (non-hydrogen) atoms. The van der Waals surface area contributed by atoms with Gasteiger partial charge in [0.25, 0.3) is 11.8 Å². The lowest BCUT2D eigenvalue weighted by molar-refractivity contribution is -0.122. The Morgan fingerprint density at radius 1 is 0.939 bits per heavy atom. The molecule has 4 rings (SSSR count). The van der Waals surface area contributed by atoms with Gasteiger partial charge in [0.2, 0.25) is 0 Å². The predicted molar refractivity (Wildman–Crippen MR) is 129 cm³/mol. The Labute approximate surface area is 193 Å². The van der Waals surface area contributed by atoms with Gasteiger partial charge in [0.1, 0.15) is 5.57 Å². The Balaban J connectivity index is 1.71. The number of para-hydroxylation sites is 1. The van der Waals surface area contributed by atoms with E-state index in [9.17, 15) is 14.4 Å². The van der Waals surface area contributed by atoms with E-state index >= 15 is 0 Å². The van der Waals surface area contributed by atoms with Gasteiger partial charge in [0.15, 0.2) is 0 Å². The van der Waals surface area contributed by atoms with Crippen molar-refractivity contribution in [3.8, 4) is 5.69 Å². The van der Waals surface area contributed by atoms with Crippen molar-refractivity contribution in [3.05, 3.63) is 88.8 Å². The van der Waals surface area contributed by atoms with Gasteiger partial charge in [-0.3, -0.25) is 14.9 Å². The first-order valence-electron chi connectivity index (χ1n) is 11.1. The normalized spacial score (nSPS) is 16.3. The zero-order chi connectivity index (χ0) is 23.7. The van der Waals surface area contributed by atoms with Gasteiger partial charge in [-0.05, 0) is 73.7 Å². The molecule has 1 aromatic heterocycles. The molecular formula is C27H27N3O3. The third-order valence-electron chi connectivity index (χ3n) is 6.22. The summed E-state index contributed by atoms with van der Waals surface area (Å²) in [7, 11) is 0. The van der Waals surface area contributed by atoms with Crippen LogP contribution in [0.25, 0.3) is 11.8 Å². The van der Waals surface area contributed by atoms with E-state index in [0.29, 0.717) is 11.6 Å². The molecule has 3 aromatic rings. The Morgan fingerprint density at radius 3 is 2.24 bits per heavy atom. The zero-order valence-electron chi connectivity index (χ0n) is 19.3. The number of rotatable bonds is 5. The lowest BCUT2D eigenvalue weighted by Crippen LogP contribution is -2.54. The van der Waals surface area contributed by atoms with Crippen LogP contribution in [-0.2, 0) is 9.59 Å². The fraction of sp³-hybridized carbons (Fsp3) is 0.222. The maximum Gasteiger partial charge on any atom is 0.335 e. The molecule has 1 saturated heterocycles. The molecular weight excluding hydrogens is 414 g/mol. The molecule has 1 atom stereocenters. The van der Waals surface area contributed by atoms with Gasteiger partial charge in [0.05, 0.1) is 5.69 Å². The van der Waals surface area contributed by atoms with Crippen LogP contribution in [0.4, 0.5) is 10.5 Å². The lowest BCUT2D eigenvalue weighted by Gasteiger charge is -2.26. The van der Waals surface area contributed by atoms with Gasteiger partial charge in [-0.25, -0.2) is 9.69 Å². The maximum atomic E-state index is 13.3. The van der Waals surface area contributed by atoms with Crippen LogP contribution in [-0.4, -0.2) is 22.4 Å². The first-order valence-corrected chi connectivity index (χ1v) is 11.1. The van der Waals surface area contributed by atoms with Crippen LogP contribution in [0.5, 0.6) is 0 Å². The molecule has 2 heterocycles. The summed E-state index contributed by atoms with van der Waals surface area (Å²) in [6.07, 6.45) is 2.55. The smallest absolute Gasteiger partial charge is 0.318 e. The van der Waals surface area contributed by atoms with Crippen molar-refractivity contribution in [2.45, 2.75) is 40.0 Å². The summed E-state index contributed by atoms with van der Waals surface area (Å²) in [5.74, 6) is -0.951. The Kier molecular flexibility index (Phi) is 6.01. The minimum atomic E-state index is -0.742. The highest BCUT2D eigenvalue weighted by Gasteiger charge is 2.37. The van der Waals surface area contributed by atoms with E-state index < -0.39 is 17.8 Å². The second-order valence-corrected chi connectivity index (χ2v) is 8.36. The van der Waals surface area contributed by atoms with Crippen LogP contribution in [0.3, 0.4) is 0 Å². The number of hydrogen-bond donors (Lipinski definition) is 1. The highest BCUT2D eigenvalue weighted by Crippen LogP contribution is 2.27. The van der Waals surface area contributed by atoms with Crippen molar-refractivity contribution in [1.29, 1.82) is 0 Å². The molecule has 1 fully saturated rings. The van der Waals surface area contributed by atoms with E-state index in [1.54, 1.807) is 18.2 Å². The van der Waals surface area contributed by atoms with E-state index in [1.165, 1.54) is 0 Å². The lowest BCUT2D eigenvalue weighted by atomic mass is 9.98. The van der Waals surface area contributed by atoms with Crippen molar-refractivity contribution in [2.75, 3.05) is 4.90 Å². The van der Waals surface area contributed by atoms with E-state index in [4.69, 9.17) is 0 Å². The number of aryl methyl sites for hydroxylation is 1. The Bertz CT molecular complexity index is 1250. The van der Waals surface area contributed by atoms with Crippen LogP contribution in [0.2, 0.25) is 0 Å². The largest absolute Gasteiger partial charge is 0.335 e. The number of carbonyl (C=O) groups is 3. The van der Waals surface area contributed by atoms with Crippen LogP contribution in [0, 0.1) is 13.8 Å². The van der Waals surface area contributed by atoms with Crippen LogP contribution >= 0.6 is 0 Å². The number of benzene rings is 2. The summed E-state index contributed by atoms with van der Waals surface area (Å²) in [5.41, 5.74) is 5.10. The van der Waals surface area contributed by atoms with Crippen molar-refractivity contribution in [2.24, 2.45) is 0 Å². The Hall–Kier alpha value is -3.93. The van der Waals surface area contributed by atoms with E-state index in [2.05, 4.69) is 23.7 Å². The standard InChI is InChI=1S/C27H27N3O3/c1-5-17(2)20-11-13-23(14-12-20)30-26(32)24(25(31)28-27(30)33)16-21-15-18(3)29(19(21)4)22-9-7-6-8-10-22/h6-17H,5H2,1-4H3,(H,28,31,33). The summed E-state index contributed by atoms with van der Waals surface area (Å²) < 4.78 is 2.06. The van der Waals surface area contributed by atoms with Crippen molar-refractivity contribution in [3.63, 3.8) is 0 Å². The molecule has 0 aliphatic carbocycles. The number of anilines is 1. The number of nitrogens with zero attached hydrogens (tertiary/aromatic N) is 2. The monoisotopic (exact) mass is 441 g/mol. The minimum Gasteiger partial charge on any atom is -0.318 e. The molecule has 1 unspecified atom stereocenters. The number of imide groups is 2. The highest BCUT2D eigenvalue weighted by atomic mass is 16.2. The third-order valence-corrected chi connectivity index (χ3v) is 6.22. The van der Waals surface area contributed by atoms with E-state index in [1.807, 2.05) is 62.4 Å². The van der Waals surface area contributed by atoms with Gasteiger partial charge in [-0.15, -0.1) is 0 Å². The SMILES string of the molecule is CCC(C)c1ccc(N2C(=O)NC(=O)C(=Cc3cc(C)n(-c4ccccc4)c3C)C2=O)cc1. The fourth-order valence-electron chi connectivity index (χ4n) is 4.14. The average Bonchev–Trinajstić information content (AvgIpc) is 3.09. The molecule has 0 radical (unpaired) electrons. The predicted octanol–water partition coefficient (Wildman–Crippen LogP) is 5.27. The topological polar surface area (TPSA) is 71.4 Å². The van der Waals surface area contributed by atoms with E-state index in [-0.39, 0.29) is 5.57 Å². The number of nitrogens with one attached hydrogen (secondary N) is 1.